The van der Waals surface area contributed by atoms with Gasteiger partial charge in [0, 0.05) is 19.7 Å². The van der Waals surface area contributed by atoms with Crippen LogP contribution in [-0.4, -0.2) is 41.4 Å². The van der Waals surface area contributed by atoms with Crippen molar-refractivity contribution in [2.45, 2.75) is 52.6 Å². The highest BCUT2D eigenvalue weighted by atomic mass is 16.6. The van der Waals surface area contributed by atoms with Crippen LogP contribution < -0.4 is 0 Å². The molecule has 4 heteroatoms. The lowest BCUT2D eigenvalue weighted by molar-refractivity contribution is 0.000237. The molecule has 19 heavy (non-hydrogen) atoms. The van der Waals surface area contributed by atoms with Crippen molar-refractivity contribution in [3.05, 3.63) is 0 Å². The molecule has 110 valence electrons. The lowest BCUT2D eigenvalue weighted by Crippen LogP contribution is -2.47. The van der Waals surface area contributed by atoms with E-state index >= 15 is 0 Å². The Bertz CT molecular complexity index is 344. The van der Waals surface area contributed by atoms with Crippen molar-refractivity contribution in [2.24, 2.45) is 17.3 Å². The van der Waals surface area contributed by atoms with Crippen molar-refractivity contribution in [3.63, 3.8) is 0 Å². The first-order valence-corrected chi connectivity index (χ1v) is 7.36. The number of carbonyl (C=O) groups excluding carboxylic acids is 1. The number of rotatable bonds is 2. The first-order valence-electron chi connectivity index (χ1n) is 7.36. The van der Waals surface area contributed by atoms with Crippen molar-refractivity contribution >= 4 is 6.09 Å². The van der Waals surface area contributed by atoms with Gasteiger partial charge in [-0.2, -0.15) is 0 Å². The summed E-state index contributed by atoms with van der Waals surface area (Å²) < 4.78 is 5.43. The number of aliphatic hydroxyl groups is 1. The van der Waals surface area contributed by atoms with Crippen molar-refractivity contribution in [1.82, 2.24) is 4.90 Å². The van der Waals surface area contributed by atoms with Crippen LogP contribution in [0.2, 0.25) is 0 Å². The van der Waals surface area contributed by atoms with Crippen LogP contribution in [0.5, 0.6) is 0 Å². The zero-order chi connectivity index (χ0) is 14.3. The molecule has 2 aliphatic rings. The molecule has 1 aliphatic carbocycles. The van der Waals surface area contributed by atoms with E-state index in [1.807, 2.05) is 25.7 Å². The van der Waals surface area contributed by atoms with Crippen LogP contribution >= 0.6 is 0 Å². The lowest BCUT2D eigenvalue weighted by Gasteiger charge is -2.40. The van der Waals surface area contributed by atoms with Gasteiger partial charge in [-0.25, -0.2) is 4.79 Å². The predicted molar refractivity (Wildman–Crippen MR) is 73.8 cm³/mol. The largest absolute Gasteiger partial charge is 0.444 e. The quantitative estimate of drug-likeness (QED) is 0.838. The molecule has 1 aliphatic heterocycles. The zero-order valence-electron chi connectivity index (χ0n) is 12.6. The third-order valence-corrected chi connectivity index (χ3v) is 4.55. The Kier molecular flexibility index (Phi) is 3.83. The summed E-state index contributed by atoms with van der Waals surface area (Å²) in [4.78, 5) is 13.9. The highest BCUT2D eigenvalue weighted by molar-refractivity contribution is 5.68. The Hall–Kier alpha value is -0.770. The summed E-state index contributed by atoms with van der Waals surface area (Å²) >= 11 is 0. The normalized spacial score (nSPS) is 30.1. The van der Waals surface area contributed by atoms with Gasteiger partial charge in [0.1, 0.15) is 5.60 Å². The molecule has 1 saturated carbocycles. The first-order chi connectivity index (χ1) is 8.77. The molecule has 1 amide bonds. The highest BCUT2D eigenvalue weighted by Gasteiger charge is 2.51. The van der Waals surface area contributed by atoms with Crippen LogP contribution in [0.15, 0.2) is 0 Å². The second-order valence-electron chi connectivity index (χ2n) is 7.32. The zero-order valence-corrected chi connectivity index (χ0v) is 12.6. The fourth-order valence-corrected chi connectivity index (χ4v) is 3.35. The van der Waals surface area contributed by atoms with Gasteiger partial charge in [0.2, 0.25) is 0 Å². The van der Waals surface area contributed by atoms with Crippen LogP contribution in [0, 0.1) is 17.3 Å². The van der Waals surface area contributed by atoms with E-state index in [9.17, 15) is 9.90 Å². The van der Waals surface area contributed by atoms with Gasteiger partial charge in [-0.3, -0.25) is 0 Å². The SMILES string of the molecule is CC1CN(C(=O)OC(C)(C)C)CCC1C1(CO)CC1. The number of hydrogen-bond donors (Lipinski definition) is 1. The van der Waals surface area contributed by atoms with Gasteiger partial charge in [-0.05, 0) is 57.3 Å². The van der Waals surface area contributed by atoms with E-state index in [2.05, 4.69) is 6.92 Å². The molecular formula is C15H27NO3. The smallest absolute Gasteiger partial charge is 0.410 e. The minimum Gasteiger partial charge on any atom is -0.444 e. The maximum atomic E-state index is 12.1. The number of carbonyl (C=O) groups is 1. The van der Waals surface area contributed by atoms with Crippen molar-refractivity contribution in [3.8, 4) is 0 Å². The molecule has 1 saturated heterocycles. The molecule has 0 radical (unpaired) electrons. The third kappa shape index (κ3) is 3.22. The third-order valence-electron chi connectivity index (χ3n) is 4.55. The molecule has 0 aromatic heterocycles. The van der Waals surface area contributed by atoms with Crippen LogP contribution in [0.1, 0.15) is 47.0 Å². The molecule has 1 heterocycles. The first kappa shape index (κ1) is 14.6. The summed E-state index contributed by atoms with van der Waals surface area (Å²) in [5.74, 6) is 0.993. The Morgan fingerprint density at radius 1 is 1.42 bits per heavy atom. The number of nitrogens with zero attached hydrogens (tertiary/aromatic N) is 1. The Balaban J connectivity index is 1.91. The fourth-order valence-electron chi connectivity index (χ4n) is 3.35. The highest BCUT2D eigenvalue weighted by Crippen LogP contribution is 2.56. The molecule has 2 atom stereocenters. The van der Waals surface area contributed by atoms with E-state index < -0.39 is 5.60 Å². The van der Waals surface area contributed by atoms with Gasteiger partial charge < -0.3 is 14.7 Å². The summed E-state index contributed by atoms with van der Waals surface area (Å²) in [5.41, 5.74) is -0.264. The summed E-state index contributed by atoms with van der Waals surface area (Å²) in [6.45, 7) is 9.68. The fraction of sp³-hybridized carbons (Fsp3) is 0.933. The number of amides is 1. The molecule has 2 fully saturated rings. The molecule has 0 spiro atoms. The molecule has 2 rings (SSSR count). The average Bonchev–Trinajstić information content (AvgIpc) is 3.07. The number of ether oxygens (including phenoxy) is 1. The Labute approximate surface area is 116 Å². The van der Waals surface area contributed by atoms with Crippen LogP contribution in [0.3, 0.4) is 0 Å². The molecule has 4 nitrogen and oxygen atoms in total. The van der Waals surface area contributed by atoms with Crippen molar-refractivity contribution in [1.29, 1.82) is 0 Å². The van der Waals surface area contributed by atoms with Gasteiger partial charge in [0.15, 0.2) is 0 Å². The monoisotopic (exact) mass is 269 g/mol. The minimum atomic E-state index is -0.431. The number of piperidine rings is 1. The molecule has 2 unspecified atom stereocenters. The molecular weight excluding hydrogens is 242 g/mol. The van der Waals surface area contributed by atoms with E-state index in [0.717, 1.165) is 32.4 Å². The van der Waals surface area contributed by atoms with E-state index in [0.29, 0.717) is 18.4 Å². The van der Waals surface area contributed by atoms with Crippen molar-refractivity contribution < 1.29 is 14.6 Å². The van der Waals surface area contributed by atoms with E-state index in [-0.39, 0.29) is 11.5 Å². The maximum Gasteiger partial charge on any atom is 0.410 e. The number of hydrogen-bond acceptors (Lipinski definition) is 3. The van der Waals surface area contributed by atoms with Gasteiger partial charge in [0.05, 0.1) is 0 Å². The standard InChI is InChI=1S/C15H27NO3/c1-11-9-16(13(18)19-14(2,3)4)8-5-12(11)15(10-17)6-7-15/h11-12,17H,5-10H2,1-4H3. The van der Waals surface area contributed by atoms with Gasteiger partial charge in [-0.1, -0.05) is 6.92 Å². The number of likely N-dealkylation sites (tertiary alicyclic amines) is 1. The number of aliphatic hydroxyl groups excluding tert-OH is 1. The molecule has 0 aromatic carbocycles. The summed E-state index contributed by atoms with van der Waals surface area (Å²) in [6.07, 6.45) is 3.07. The topological polar surface area (TPSA) is 49.8 Å². The summed E-state index contributed by atoms with van der Waals surface area (Å²) in [7, 11) is 0. The molecule has 1 N–H and O–H groups in total. The molecule has 0 aromatic rings. The van der Waals surface area contributed by atoms with E-state index in [4.69, 9.17) is 4.74 Å². The van der Waals surface area contributed by atoms with Crippen molar-refractivity contribution in [2.75, 3.05) is 19.7 Å². The minimum absolute atomic E-state index is 0.166. The van der Waals surface area contributed by atoms with Crippen LogP contribution in [0.25, 0.3) is 0 Å². The Morgan fingerprint density at radius 2 is 2.05 bits per heavy atom. The predicted octanol–water partition coefficient (Wildman–Crippen LogP) is 2.65. The van der Waals surface area contributed by atoms with Gasteiger partial charge in [-0.15, -0.1) is 0 Å². The Morgan fingerprint density at radius 3 is 2.47 bits per heavy atom. The van der Waals surface area contributed by atoms with Gasteiger partial charge in [0.25, 0.3) is 0 Å². The van der Waals surface area contributed by atoms with E-state index in [1.54, 1.807) is 0 Å². The average molecular weight is 269 g/mol. The van der Waals surface area contributed by atoms with Gasteiger partial charge >= 0.3 is 6.09 Å². The molecule has 0 bridgehead atoms. The summed E-state index contributed by atoms with van der Waals surface area (Å²) in [6, 6.07) is 0. The van der Waals surface area contributed by atoms with Crippen LogP contribution in [0.4, 0.5) is 4.79 Å². The lowest BCUT2D eigenvalue weighted by atomic mass is 9.75. The maximum absolute atomic E-state index is 12.1. The van der Waals surface area contributed by atoms with Crippen LogP contribution in [-0.2, 0) is 4.74 Å². The van der Waals surface area contributed by atoms with E-state index in [1.165, 1.54) is 0 Å². The second kappa shape index (κ2) is 4.97. The summed E-state index contributed by atoms with van der Waals surface area (Å²) in [5, 5.41) is 9.55. The second-order valence-corrected chi connectivity index (χ2v) is 7.32.